The van der Waals surface area contributed by atoms with Gasteiger partial charge in [0.15, 0.2) is 23.1 Å². The molecule has 12 nitrogen and oxygen atoms in total. The fraction of sp³-hybridized carbons (Fsp3) is 0.605. The predicted octanol–water partition coefficient (Wildman–Crippen LogP) is 18.0. The van der Waals surface area contributed by atoms with E-state index in [4.69, 9.17) is 20.9 Å². The van der Waals surface area contributed by atoms with Crippen molar-refractivity contribution in [2.24, 2.45) is 0 Å². The van der Waals surface area contributed by atoms with Crippen LogP contribution in [0.15, 0.2) is 72.8 Å². The van der Waals surface area contributed by atoms with Gasteiger partial charge in [-0.15, -0.1) is 12.4 Å². The molecular weight excluding hydrogens is 1780 g/mol. The monoisotopic (exact) mass is 1910 g/mol. The minimum atomic E-state index is -1.67. The van der Waals surface area contributed by atoms with E-state index in [1.165, 1.54) is 105 Å². The van der Waals surface area contributed by atoms with Crippen molar-refractivity contribution in [1.82, 2.24) is 4.90 Å². The van der Waals surface area contributed by atoms with Crippen LogP contribution in [-0.4, -0.2) is 149 Å². The van der Waals surface area contributed by atoms with Crippen molar-refractivity contribution in [3.05, 3.63) is 140 Å². The number of halogens is 9. The Bertz CT molecular complexity index is 2690. The van der Waals surface area contributed by atoms with Crippen molar-refractivity contribution in [1.29, 1.82) is 0 Å². The SMILES string of the molecule is C.C.C.C.C.C.C.C.CC(Br)C(=O)Cl.CC(Br)C(=O)O.Cc1cccc(C)c1CC(=O)C(C)Br.Cc1cccc(C)c1CC(=O)C(C)N1CCCC1.Cc1cccc(C)c1CC(=O)C(C)[N+]1(C)CCCC1.Cc1cccc(C)c1CC(=O)C(C)[N+]1(C)CCCC1.Cl.O.O=S(Cl)Cl.[Cl][Ag].[I-]. The third-order valence-corrected chi connectivity index (χ3v) is 19.1. The molecular formula is C76H134AgBr3Cl5IN3O9S+. The fourth-order valence-electron chi connectivity index (χ4n) is 10.7. The number of benzene rings is 4. The van der Waals surface area contributed by atoms with Gasteiger partial charge in [0.05, 0.1) is 56.0 Å². The standard InChI is InChI=1S/2C17H26NO.C16H23NO.C12H15BrO.C3H4BrClO.C3H5BrO2.8CH4.Ag.Cl2OS.2ClH.HI.H2O/c2*1-13-8-7-9-14(2)16(13)12-17(19)15(3)18(4)10-5-6-11-18;1-12-7-6-8-13(2)15(12)11-16(18)14(3)17-9-4-5-10-17;1-8-5-4-6-9(2)11(8)7-12(14)10(3)13;2*1-2(4)3(5)6;;;;;;;;;;1-4(2)3;;;;/h2*7-9,15H,5-6,10-12H2,1-4H3;6-8,14H,4-5,9-11H2,1-3H3;4-6,10H,7H2,1-3H3;2H,1H3;2H,1H3,(H,5,6);8*1H4;;;3*1H;1H2/q2*+1;;;;;;;;;;;;;+1;;;;;/p-2. The molecule has 3 saturated heterocycles. The van der Waals surface area contributed by atoms with E-state index in [1.807, 2.05) is 13.0 Å². The molecule has 7 rings (SSSR count). The first kappa shape index (κ1) is 125. The van der Waals surface area contributed by atoms with Crippen LogP contribution in [0.3, 0.4) is 0 Å². The van der Waals surface area contributed by atoms with Gasteiger partial charge in [0.1, 0.15) is 16.9 Å². The number of aryl methyl sites for hydroxylation is 8. The summed E-state index contributed by atoms with van der Waals surface area (Å²) in [5.41, 5.74) is 14.7. The number of carbonyl (C=O) groups is 6. The van der Waals surface area contributed by atoms with Gasteiger partial charge in [-0.2, -0.15) is 0 Å². The third kappa shape index (κ3) is 47.4. The van der Waals surface area contributed by atoms with Crippen LogP contribution in [0.25, 0.3) is 0 Å². The third-order valence-electron chi connectivity index (χ3n) is 17.2. The molecule has 99 heavy (non-hydrogen) atoms. The number of likely N-dealkylation sites (N-methyl/N-ethyl adjacent to an activating group) is 2. The number of likely N-dealkylation sites (tertiary alicyclic amines) is 3. The summed E-state index contributed by atoms with van der Waals surface area (Å²) in [4.78, 5) is 70.3. The Morgan fingerprint density at radius 3 is 0.838 bits per heavy atom. The van der Waals surface area contributed by atoms with Gasteiger partial charge in [-0.3, -0.25) is 33.7 Å². The maximum absolute atomic E-state index is 12.6. The fourth-order valence-corrected chi connectivity index (χ4v) is 10.9. The van der Waals surface area contributed by atoms with E-state index in [1.54, 1.807) is 13.8 Å². The molecule has 0 aromatic heterocycles. The molecule has 3 aliphatic heterocycles. The summed E-state index contributed by atoms with van der Waals surface area (Å²) >= 11 is 16.4. The van der Waals surface area contributed by atoms with Crippen molar-refractivity contribution < 1.29 is 96.5 Å². The van der Waals surface area contributed by atoms with E-state index in [2.05, 4.69) is 260 Å². The molecule has 0 bridgehead atoms. The van der Waals surface area contributed by atoms with Crippen molar-refractivity contribution >= 4 is 146 Å². The van der Waals surface area contributed by atoms with Crippen molar-refractivity contribution in [3.63, 3.8) is 0 Å². The van der Waals surface area contributed by atoms with E-state index >= 15 is 0 Å². The Kier molecular flexibility index (Phi) is 82.3. The Labute approximate surface area is 686 Å². The minimum Gasteiger partial charge on any atom is -1.00 e. The van der Waals surface area contributed by atoms with Crippen LogP contribution in [0.5, 0.6) is 0 Å². The first-order valence-corrected chi connectivity index (χ1v) is 37.8. The molecule has 0 spiro atoms. The number of rotatable bonds is 17. The average molecular weight is 1920 g/mol. The zero-order valence-electron chi connectivity index (χ0n) is 56.0. The summed E-state index contributed by atoms with van der Waals surface area (Å²) in [6, 6.07) is 25.2. The van der Waals surface area contributed by atoms with Crippen LogP contribution in [0.4, 0.5) is 0 Å². The van der Waals surface area contributed by atoms with Crippen LogP contribution in [-0.2, 0) is 83.7 Å². The number of nitrogens with zero attached hydrogens (tertiary/aromatic N) is 3. The summed E-state index contributed by atoms with van der Waals surface area (Å²) in [6.07, 6.45) is 9.81. The van der Waals surface area contributed by atoms with Gasteiger partial charge >= 0.3 is 35.1 Å². The number of hydrogen-bond donors (Lipinski definition) is 1. The van der Waals surface area contributed by atoms with Gasteiger partial charge in [-0.05, 0) is 201 Å². The number of Topliss-reactive ketones (excluding diaryl/α,β-unsaturated/α-hetero) is 4. The zero-order chi connectivity index (χ0) is 67.8. The molecule has 0 amide bonds. The number of carboxylic acid groups (broad SMARTS) is 1. The number of aliphatic carboxylic acids is 1. The van der Waals surface area contributed by atoms with Gasteiger partial charge in [-0.1, -0.05) is 180 Å². The molecule has 3 heterocycles. The number of carboxylic acids is 1. The zero-order valence-corrected chi connectivity index (χ0v) is 69.0. The molecule has 3 aliphatic rings. The summed E-state index contributed by atoms with van der Waals surface area (Å²) in [6.45, 7) is 34.9. The van der Waals surface area contributed by atoms with Crippen molar-refractivity contribution in [2.45, 2.75) is 253 Å². The van der Waals surface area contributed by atoms with Crippen LogP contribution in [0, 0.1) is 55.4 Å². The van der Waals surface area contributed by atoms with Crippen LogP contribution < -0.4 is 24.0 Å². The largest absolute Gasteiger partial charge is 1.00 e. The van der Waals surface area contributed by atoms with E-state index in [0.29, 0.717) is 43.0 Å². The normalized spacial score (nSPS) is 14.6. The molecule has 6 unspecified atom stereocenters. The van der Waals surface area contributed by atoms with Crippen LogP contribution >= 0.6 is 102 Å². The van der Waals surface area contributed by atoms with Crippen LogP contribution in [0.2, 0.25) is 0 Å². The summed E-state index contributed by atoms with van der Waals surface area (Å²) in [7, 11) is 16.3. The molecule has 0 radical (unpaired) electrons. The van der Waals surface area contributed by atoms with Crippen molar-refractivity contribution in [2.75, 3.05) is 53.4 Å². The van der Waals surface area contributed by atoms with Crippen molar-refractivity contribution in [3.8, 4) is 0 Å². The molecule has 3 N–H and O–H groups in total. The number of carbonyl (C=O) groups excluding carboxylic acids is 5. The molecule has 6 atom stereocenters. The second kappa shape index (κ2) is 65.4. The van der Waals surface area contributed by atoms with Gasteiger partial charge in [-0.25, -0.2) is 4.21 Å². The Morgan fingerprint density at radius 2 is 0.657 bits per heavy atom. The number of ketones is 4. The van der Waals surface area contributed by atoms with Crippen LogP contribution in [0.1, 0.15) is 206 Å². The average Bonchev–Trinajstić information content (AvgIpc) is 1.80. The predicted molar refractivity (Wildman–Crippen MR) is 442 cm³/mol. The second-order valence-electron chi connectivity index (χ2n) is 23.8. The number of hydrogen-bond acceptors (Lipinski definition) is 8. The van der Waals surface area contributed by atoms with E-state index in [9.17, 15) is 28.8 Å². The first-order valence-electron chi connectivity index (χ1n) is 29.9. The first-order chi connectivity index (χ1) is 41.0. The maximum atomic E-state index is 12.6. The molecule has 3 fully saturated rings. The molecule has 0 aliphatic carbocycles. The van der Waals surface area contributed by atoms with Gasteiger partial charge in [0, 0.05) is 72.7 Å². The second-order valence-corrected chi connectivity index (χ2v) is 30.8. The molecule has 0 saturated carbocycles. The summed E-state index contributed by atoms with van der Waals surface area (Å²) in [5.74, 6) is 0.551. The van der Waals surface area contributed by atoms with E-state index in [-0.39, 0.29) is 140 Å². The Hall–Kier alpha value is -0.950. The Balaban J connectivity index is -0.0000000912. The summed E-state index contributed by atoms with van der Waals surface area (Å²) < 4.78 is 11.0. The van der Waals surface area contributed by atoms with Gasteiger partial charge < -0.3 is 43.5 Å². The van der Waals surface area contributed by atoms with Gasteiger partial charge in [0.2, 0.25) is 14.5 Å². The minimum absolute atomic E-state index is 0. The quantitative estimate of drug-likeness (QED) is 0.0355. The molecule has 23 heteroatoms. The molecule has 586 valence electrons. The topological polar surface area (TPSA) is 174 Å². The maximum Gasteiger partial charge on any atom is -1.00 e. The number of alkyl halides is 3. The van der Waals surface area contributed by atoms with Gasteiger partial charge in [0.25, 0.3) is 0 Å². The van der Waals surface area contributed by atoms with E-state index < -0.39 is 20.0 Å². The molecule has 4 aromatic rings. The number of quaternary nitrogens is 2. The molecule has 4 aromatic carbocycles. The smallest absolute Gasteiger partial charge is 1.00 e. The Morgan fingerprint density at radius 1 is 0.465 bits per heavy atom. The van der Waals surface area contributed by atoms with E-state index in [0.717, 1.165) is 48.2 Å². The summed E-state index contributed by atoms with van der Waals surface area (Å²) in [5, 5.41) is 7.59.